The van der Waals surface area contributed by atoms with Crippen LogP contribution in [0.3, 0.4) is 0 Å². The minimum atomic E-state index is -0.486. The molecule has 0 heterocycles. The van der Waals surface area contributed by atoms with Gasteiger partial charge in [-0.3, -0.25) is 0 Å². The Morgan fingerprint density at radius 3 is 2.61 bits per heavy atom. The molecule has 1 fully saturated rings. The summed E-state index contributed by atoms with van der Waals surface area (Å²) in [7, 11) is 0. The topological polar surface area (TPSA) is 35.8 Å². The molecule has 0 bridgehead atoms. The van der Waals surface area contributed by atoms with Gasteiger partial charge in [0.15, 0.2) is 0 Å². The highest BCUT2D eigenvalue weighted by atomic mass is 79.9. The van der Waals surface area contributed by atoms with E-state index >= 15 is 0 Å². The third-order valence-electron chi connectivity index (χ3n) is 3.98. The van der Waals surface area contributed by atoms with Gasteiger partial charge in [-0.2, -0.15) is 5.26 Å². The van der Waals surface area contributed by atoms with Gasteiger partial charge in [0.25, 0.3) is 0 Å². The molecule has 1 saturated carbocycles. The fourth-order valence-electron chi connectivity index (χ4n) is 2.63. The molecule has 0 aromatic heterocycles. The lowest BCUT2D eigenvalue weighted by molar-refractivity contribution is 0.290. The van der Waals surface area contributed by atoms with E-state index in [4.69, 9.17) is 11.6 Å². The van der Waals surface area contributed by atoms with Gasteiger partial charge in [0.05, 0.1) is 11.1 Å². The van der Waals surface area contributed by atoms with Crippen molar-refractivity contribution in [2.75, 3.05) is 5.32 Å². The largest absolute Gasteiger partial charge is 0.367 e. The maximum Gasteiger partial charge on any atom is 0.130 e. The summed E-state index contributed by atoms with van der Waals surface area (Å²) in [5.41, 5.74) is 0.427. The molecule has 0 amide bonds. The Kier molecular flexibility index (Phi) is 3.62. The summed E-state index contributed by atoms with van der Waals surface area (Å²) in [6.45, 7) is 4.31. The molecule has 1 unspecified atom stereocenters. The molecule has 18 heavy (non-hydrogen) atoms. The van der Waals surface area contributed by atoms with E-state index in [0.29, 0.717) is 5.02 Å². The van der Waals surface area contributed by atoms with Crippen LogP contribution in [0.2, 0.25) is 5.02 Å². The Balaban J connectivity index is 2.32. The van der Waals surface area contributed by atoms with Gasteiger partial charge in [-0.05, 0) is 53.4 Å². The van der Waals surface area contributed by atoms with Crippen LogP contribution in [0, 0.1) is 16.7 Å². The Morgan fingerprint density at radius 1 is 1.39 bits per heavy atom. The third-order valence-corrected chi connectivity index (χ3v) is 5.19. The Hall–Kier alpha value is -0.720. The van der Waals surface area contributed by atoms with Gasteiger partial charge in [-0.15, -0.1) is 0 Å². The molecule has 96 valence electrons. The quantitative estimate of drug-likeness (QED) is 0.831. The molecule has 0 aliphatic heterocycles. The van der Waals surface area contributed by atoms with E-state index in [1.807, 2.05) is 18.2 Å². The summed E-state index contributed by atoms with van der Waals surface area (Å²) in [6, 6.07) is 8.17. The van der Waals surface area contributed by atoms with E-state index in [1.165, 1.54) is 0 Å². The van der Waals surface area contributed by atoms with Crippen LogP contribution in [0.15, 0.2) is 22.7 Å². The van der Waals surface area contributed by atoms with Gasteiger partial charge in [0, 0.05) is 15.6 Å². The number of nitrogens with one attached hydrogen (secondary N) is 1. The number of nitriles is 1. The van der Waals surface area contributed by atoms with Crippen molar-refractivity contribution in [3.63, 3.8) is 0 Å². The first-order valence-electron chi connectivity index (χ1n) is 6.05. The van der Waals surface area contributed by atoms with E-state index in [1.54, 1.807) is 0 Å². The Morgan fingerprint density at radius 2 is 2.11 bits per heavy atom. The molecule has 2 nitrogen and oxygen atoms in total. The number of anilines is 1. The average molecular weight is 328 g/mol. The van der Waals surface area contributed by atoms with E-state index in [-0.39, 0.29) is 5.41 Å². The smallest absolute Gasteiger partial charge is 0.130 e. The summed E-state index contributed by atoms with van der Waals surface area (Å²) < 4.78 is 0.845. The minimum absolute atomic E-state index is 0.0200. The molecule has 0 spiro atoms. The number of rotatable bonds is 2. The van der Waals surface area contributed by atoms with Gasteiger partial charge in [0.2, 0.25) is 0 Å². The molecular formula is C14H16BrClN2. The summed E-state index contributed by atoms with van der Waals surface area (Å²) in [5.74, 6) is 0. The van der Waals surface area contributed by atoms with Gasteiger partial charge in [-0.1, -0.05) is 25.4 Å². The van der Waals surface area contributed by atoms with Crippen molar-refractivity contribution in [3.05, 3.63) is 27.7 Å². The van der Waals surface area contributed by atoms with E-state index in [0.717, 1.165) is 29.4 Å². The fraction of sp³-hybridized carbons (Fsp3) is 0.500. The van der Waals surface area contributed by atoms with Crippen molar-refractivity contribution in [1.82, 2.24) is 0 Å². The molecule has 1 aromatic rings. The second-order valence-electron chi connectivity index (χ2n) is 5.51. The van der Waals surface area contributed by atoms with E-state index < -0.39 is 5.54 Å². The minimum Gasteiger partial charge on any atom is -0.367 e. The number of hydrogen-bond donors (Lipinski definition) is 1. The molecule has 1 aromatic carbocycles. The zero-order chi connectivity index (χ0) is 13.4. The number of halogens is 2. The zero-order valence-corrected chi connectivity index (χ0v) is 12.9. The molecule has 1 N–H and O–H groups in total. The first-order valence-corrected chi connectivity index (χ1v) is 7.22. The number of hydrogen-bond acceptors (Lipinski definition) is 2. The molecular weight excluding hydrogens is 312 g/mol. The molecule has 0 saturated heterocycles. The van der Waals surface area contributed by atoms with E-state index in [2.05, 4.69) is 41.2 Å². The van der Waals surface area contributed by atoms with Crippen molar-refractivity contribution < 1.29 is 0 Å². The standard InChI is InChI=1S/C14H16BrClN2/c1-13(2)6-3-7-14(13,9-17)18-10-4-5-12(16)11(15)8-10/h4-5,8,18H,3,6-7H2,1-2H3. The second-order valence-corrected chi connectivity index (χ2v) is 6.77. The lowest BCUT2D eigenvalue weighted by atomic mass is 9.75. The summed E-state index contributed by atoms with van der Waals surface area (Å²) >= 11 is 9.39. The SMILES string of the molecule is CC1(C)CCCC1(C#N)Nc1ccc(Cl)c(Br)c1. The lowest BCUT2D eigenvalue weighted by Gasteiger charge is -2.37. The van der Waals surface area contributed by atoms with Crippen molar-refractivity contribution in [3.8, 4) is 6.07 Å². The first kappa shape index (κ1) is 13.7. The van der Waals surface area contributed by atoms with Crippen molar-refractivity contribution >= 4 is 33.2 Å². The summed E-state index contributed by atoms with van der Waals surface area (Å²) in [4.78, 5) is 0. The molecule has 1 atom stereocenters. The first-order chi connectivity index (χ1) is 8.40. The number of nitrogens with zero attached hydrogens (tertiary/aromatic N) is 1. The predicted molar refractivity (Wildman–Crippen MR) is 78.8 cm³/mol. The van der Waals surface area contributed by atoms with Crippen LogP contribution in [0.25, 0.3) is 0 Å². The van der Waals surface area contributed by atoms with Gasteiger partial charge in [-0.25, -0.2) is 0 Å². The van der Waals surface area contributed by atoms with Crippen LogP contribution in [-0.4, -0.2) is 5.54 Å². The monoisotopic (exact) mass is 326 g/mol. The maximum atomic E-state index is 9.59. The van der Waals surface area contributed by atoms with Crippen molar-refractivity contribution in [2.24, 2.45) is 5.41 Å². The average Bonchev–Trinajstić information content (AvgIpc) is 2.60. The highest BCUT2D eigenvalue weighted by molar-refractivity contribution is 9.10. The Labute approximate surface area is 121 Å². The number of benzene rings is 1. The Bertz CT molecular complexity index is 507. The van der Waals surface area contributed by atoms with Crippen molar-refractivity contribution in [1.29, 1.82) is 5.26 Å². The normalized spacial score (nSPS) is 25.7. The van der Waals surface area contributed by atoms with Gasteiger partial charge >= 0.3 is 0 Å². The van der Waals surface area contributed by atoms with Crippen molar-refractivity contribution in [2.45, 2.75) is 38.6 Å². The van der Waals surface area contributed by atoms with Gasteiger partial charge in [0.1, 0.15) is 5.54 Å². The van der Waals surface area contributed by atoms with Crippen LogP contribution < -0.4 is 5.32 Å². The van der Waals surface area contributed by atoms with Crippen LogP contribution in [0.4, 0.5) is 5.69 Å². The van der Waals surface area contributed by atoms with Crippen LogP contribution in [0.1, 0.15) is 33.1 Å². The molecule has 4 heteroatoms. The fourth-order valence-corrected chi connectivity index (χ4v) is 3.13. The predicted octanol–water partition coefficient (Wildman–Crippen LogP) is 4.99. The highest BCUT2D eigenvalue weighted by Crippen LogP contribution is 2.47. The van der Waals surface area contributed by atoms with Crippen LogP contribution in [-0.2, 0) is 0 Å². The molecule has 1 aliphatic rings. The second kappa shape index (κ2) is 4.75. The summed E-state index contributed by atoms with van der Waals surface area (Å²) in [6.07, 6.45) is 3.04. The van der Waals surface area contributed by atoms with Crippen LogP contribution in [0.5, 0.6) is 0 Å². The zero-order valence-electron chi connectivity index (χ0n) is 10.6. The highest BCUT2D eigenvalue weighted by Gasteiger charge is 2.49. The third kappa shape index (κ3) is 2.24. The lowest BCUT2D eigenvalue weighted by Crippen LogP contribution is -2.45. The summed E-state index contributed by atoms with van der Waals surface area (Å²) in [5, 5.41) is 13.7. The van der Waals surface area contributed by atoms with Crippen LogP contribution >= 0.6 is 27.5 Å². The molecule has 2 rings (SSSR count). The van der Waals surface area contributed by atoms with E-state index in [9.17, 15) is 5.26 Å². The molecule has 0 radical (unpaired) electrons. The maximum absolute atomic E-state index is 9.59. The van der Waals surface area contributed by atoms with Gasteiger partial charge < -0.3 is 5.32 Å². The molecule has 1 aliphatic carbocycles.